The molecule has 2 amide bonds. The molecule has 0 unspecified atom stereocenters. The quantitative estimate of drug-likeness (QED) is 0.264. The largest absolute Gasteiger partial charge is 0.493 e. The Labute approximate surface area is 198 Å². The third-order valence-corrected chi connectivity index (χ3v) is 4.68. The van der Waals surface area contributed by atoms with Crippen LogP contribution in [0, 0.1) is 0 Å². The summed E-state index contributed by atoms with van der Waals surface area (Å²) in [5.74, 6) is 1.90. The summed E-state index contributed by atoms with van der Waals surface area (Å²) in [6.45, 7) is 0. The number of hydrogen-bond acceptors (Lipinski definition) is 8. The molecule has 34 heavy (non-hydrogen) atoms. The van der Waals surface area contributed by atoms with E-state index in [4.69, 9.17) is 18.9 Å². The highest BCUT2D eigenvalue weighted by atomic mass is 16.5. The van der Waals surface area contributed by atoms with Gasteiger partial charge in [-0.15, -0.1) is 0 Å². The molecule has 0 fully saturated rings. The highest BCUT2D eigenvalue weighted by Gasteiger charge is 2.06. The molecule has 2 aromatic rings. The van der Waals surface area contributed by atoms with Gasteiger partial charge in [0.25, 0.3) is 0 Å². The minimum absolute atomic E-state index is 0.233. The number of hydrazone groups is 2. The summed E-state index contributed by atoms with van der Waals surface area (Å²) in [4.78, 5) is 23.8. The van der Waals surface area contributed by atoms with Crippen LogP contribution in [0.5, 0.6) is 23.0 Å². The van der Waals surface area contributed by atoms with E-state index in [-0.39, 0.29) is 24.7 Å². The minimum atomic E-state index is -0.233. The summed E-state index contributed by atoms with van der Waals surface area (Å²) in [6.07, 6.45) is 4.64. The van der Waals surface area contributed by atoms with Crippen LogP contribution in [-0.2, 0) is 9.59 Å². The number of nitrogens with one attached hydrogen (secondary N) is 2. The van der Waals surface area contributed by atoms with Gasteiger partial charge in [0, 0.05) is 12.8 Å². The lowest BCUT2D eigenvalue weighted by atomic mass is 10.2. The van der Waals surface area contributed by atoms with E-state index in [1.165, 1.54) is 12.4 Å². The van der Waals surface area contributed by atoms with Crippen LogP contribution in [0.25, 0.3) is 0 Å². The predicted molar refractivity (Wildman–Crippen MR) is 129 cm³/mol. The Balaban J connectivity index is 1.66. The zero-order valence-electron chi connectivity index (χ0n) is 19.8. The molecule has 0 saturated carbocycles. The topological polar surface area (TPSA) is 120 Å². The summed E-state index contributed by atoms with van der Waals surface area (Å²) < 4.78 is 20.8. The summed E-state index contributed by atoms with van der Waals surface area (Å²) in [5.41, 5.74) is 6.45. The summed E-state index contributed by atoms with van der Waals surface area (Å²) in [6, 6.07) is 10.6. The van der Waals surface area contributed by atoms with Gasteiger partial charge in [0.1, 0.15) is 0 Å². The average Bonchev–Trinajstić information content (AvgIpc) is 2.86. The van der Waals surface area contributed by atoms with E-state index in [0.717, 1.165) is 11.1 Å². The molecule has 10 nitrogen and oxygen atoms in total. The van der Waals surface area contributed by atoms with Crippen molar-refractivity contribution < 1.29 is 28.5 Å². The lowest BCUT2D eigenvalue weighted by Gasteiger charge is -2.07. The Morgan fingerprint density at radius 1 is 0.676 bits per heavy atom. The molecule has 0 aliphatic rings. The maximum Gasteiger partial charge on any atom is 0.240 e. The third kappa shape index (κ3) is 8.45. The second kappa shape index (κ2) is 14.1. The normalized spacial score (nSPS) is 10.8. The van der Waals surface area contributed by atoms with E-state index in [1.807, 2.05) is 0 Å². The molecule has 0 atom stereocenters. The van der Waals surface area contributed by atoms with Gasteiger partial charge >= 0.3 is 0 Å². The third-order valence-electron chi connectivity index (χ3n) is 4.68. The fraction of sp³-hybridized carbons (Fsp3) is 0.333. The number of unbranched alkanes of at least 4 members (excludes halogenated alkanes) is 1. The molecule has 0 heterocycles. The van der Waals surface area contributed by atoms with Gasteiger partial charge in [-0.05, 0) is 60.4 Å². The molecule has 2 aromatic carbocycles. The smallest absolute Gasteiger partial charge is 0.240 e. The van der Waals surface area contributed by atoms with Gasteiger partial charge in [0.2, 0.25) is 11.8 Å². The fourth-order valence-corrected chi connectivity index (χ4v) is 2.91. The number of amides is 2. The molecular weight excluding hydrogens is 440 g/mol. The summed E-state index contributed by atoms with van der Waals surface area (Å²) in [5, 5.41) is 7.89. The van der Waals surface area contributed by atoms with Gasteiger partial charge < -0.3 is 18.9 Å². The van der Waals surface area contributed by atoms with E-state index >= 15 is 0 Å². The predicted octanol–water partition coefficient (Wildman–Crippen LogP) is 2.88. The first kappa shape index (κ1) is 26.2. The highest BCUT2D eigenvalue weighted by Crippen LogP contribution is 2.27. The first-order valence-electron chi connectivity index (χ1n) is 10.6. The van der Waals surface area contributed by atoms with Crippen LogP contribution in [0.4, 0.5) is 0 Å². The number of carbonyl (C=O) groups is 2. The van der Waals surface area contributed by atoms with E-state index < -0.39 is 0 Å². The average molecular weight is 471 g/mol. The van der Waals surface area contributed by atoms with Gasteiger partial charge in [-0.25, -0.2) is 10.9 Å². The molecule has 0 saturated heterocycles. The molecule has 0 aliphatic carbocycles. The molecule has 10 heteroatoms. The number of benzene rings is 2. The first-order valence-corrected chi connectivity index (χ1v) is 10.6. The van der Waals surface area contributed by atoms with Crippen molar-refractivity contribution in [3.8, 4) is 23.0 Å². The molecule has 0 bridgehead atoms. The van der Waals surface area contributed by atoms with Gasteiger partial charge in [0.05, 0.1) is 40.9 Å². The Bertz CT molecular complexity index is 941. The van der Waals surface area contributed by atoms with Crippen molar-refractivity contribution in [1.82, 2.24) is 10.9 Å². The van der Waals surface area contributed by atoms with Crippen LogP contribution < -0.4 is 29.8 Å². The SMILES string of the molecule is COc1ccc(/C=N\NC(=O)CCCCC(=O)N/N=C\c2ccc(OC)c(OC)c2)cc1OC. The Hall–Kier alpha value is -4.08. The van der Waals surface area contributed by atoms with E-state index in [9.17, 15) is 9.59 Å². The molecule has 0 radical (unpaired) electrons. The maximum atomic E-state index is 11.9. The van der Waals surface area contributed by atoms with Crippen LogP contribution in [0.15, 0.2) is 46.6 Å². The number of ether oxygens (including phenoxy) is 4. The second-order valence-corrected chi connectivity index (χ2v) is 7.02. The van der Waals surface area contributed by atoms with E-state index in [1.54, 1.807) is 64.8 Å². The van der Waals surface area contributed by atoms with Crippen LogP contribution in [0.2, 0.25) is 0 Å². The Morgan fingerprint density at radius 3 is 1.41 bits per heavy atom. The number of hydrogen-bond donors (Lipinski definition) is 2. The van der Waals surface area contributed by atoms with Crippen LogP contribution >= 0.6 is 0 Å². The van der Waals surface area contributed by atoms with Crippen molar-refractivity contribution in [2.24, 2.45) is 10.2 Å². The summed E-state index contributed by atoms with van der Waals surface area (Å²) in [7, 11) is 6.21. The molecular formula is C24H30N4O6. The minimum Gasteiger partial charge on any atom is -0.493 e. The fourth-order valence-electron chi connectivity index (χ4n) is 2.91. The number of methoxy groups -OCH3 is 4. The highest BCUT2D eigenvalue weighted by molar-refractivity contribution is 5.84. The molecule has 182 valence electrons. The van der Waals surface area contributed by atoms with Gasteiger partial charge in [-0.2, -0.15) is 10.2 Å². The molecule has 0 aliphatic heterocycles. The Kier molecular flexibility index (Phi) is 10.9. The molecule has 2 rings (SSSR count). The Morgan fingerprint density at radius 2 is 1.06 bits per heavy atom. The van der Waals surface area contributed by atoms with E-state index in [2.05, 4.69) is 21.1 Å². The maximum absolute atomic E-state index is 11.9. The van der Waals surface area contributed by atoms with Gasteiger partial charge in [0.15, 0.2) is 23.0 Å². The van der Waals surface area contributed by atoms with Crippen LogP contribution in [0.3, 0.4) is 0 Å². The number of carbonyl (C=O) groups excluding carboxylic acids is 2. The summed E-state index contributed by atoms with van der Waals surface area (Å²) >= 11 is 0. The van der Waals surface area contributed by atoms with Crippen LogP contribution in [0.1, 0.15) is 36.8 Å². The van der Waals surface area contributed by atoms with Crippen molar-refractivity contribution in [3.63, 3.8) is 0 Å². The van der Waals surface area contributed by atoms with Crippen molar-refractivity contribution in [1.29, 1.82) is 0 Å². The van der Waals surface area contributed by atoms with Gasteiger partial charge in [-0.1, -0.05) is 0 Å². The van der Waals surface area contributed by atoms with Crippen molar-refractivity contribution in [2.45, 2.75) is 25.7 Å². The molecule has 0 spiro atoms. The van der Waals surface area contributed by atoms with Crippen molar-refractivity contribution in [2.75, 3.05) is 28.4 Å². The lowest BCUT2D eigenvalue weighted by molar-refractivity contribution is -0.123. The number of rotatable bonds is 13. The van der Waals surface area contributed by atoms with Crippen molar-refractivity contribution in [3.05, 3.63) is 47.5 Å². The monoisotopic (exact) mass is 470 g/mol. The van der Waals surface area contributed by atoms with Gasteiger partial charge in [-0.3, -0.25) is 9.59 Å². The van der Waals surface area contributed by atoms with Crippen molar-refractivity contribution >= 4 is 24.2 Å². The van der Waals surface area contributed by atoms with Crippen LogP contribution in [-0.4, -0.2) is 52.7 Å². The second-order valence-electron chi connectivity index (χ2n) is 7.02. The zero-order valence-corrected chi connectivity index (χ0v) is 19.8. The molecule has 2 N–H and O–H groups in total. The molecule has 0 aromatic heterocycles. The standard InChI is InChI=1S/C24H30N4O6/c1-31-19-11-9-17(13-21(19)33-3)15-25-27-23(29)7-5-6-8-24(30)28-26-16-18-10-12-20(32-2)22(14-18)34-4/h9-16H,5-8H2,1-4H3,(H,27,29)(H,28,30)/b25-15-,26-16-. The first-order chi connectivity index (χ1) is 16.5. The zero-order chi connectivity index (χ0) is 24.8. The van der Waals surface area contributed by atoms with E-state index in [0.29, 0.717) is 35.8 Å². The lowest BCUT2D eigenvalue weighted by Crippen LogP contribution is -2.19. The number of nitrogens with zero attached hydrogens (tertiary/aromatic N) is 2.